The fourth-order valence-electron chi connectivity index (χ4n) is 1.87. The third-order valence-corrected chi connectivity index (χ3v) is 2.78. The first kappa shape index (κ1) is 12.8. The molecule has 18 heavy (non-hydrogen) atoms. The second kappa shape index (κ2) is 5.80. The summed E-state index contributed by atoms with van der Waals surface area (Å²) in [6, 6.07) is 10.1. The molecule has 1 aromatic heterocycles. The van der Waals surface area contributed by atoms with E-state index in [9.17, 15) is 5.11 Å². The Morgan fingerprint density at radius 3 is 2.94 bits per heavy atom. The molecular formula is C14H18N2O2. The number of fused-ring (bicyclic) bond motifs is 1. The summed E-state index contributed by atoms with van der Waals surface area (Å²) < 4.78 is 4.88. The first-order chi connectivity index (χ1) is 8.70. The first-order valence-electron chi connectivity index (χ1n) is 5.98. The minimum absolute atomic E-state index is 0.319. The summed E-state index contributed by atoms with van der Waals surface area (Å²) in [5, 5.41) is 13.9. The lowest BCUT2D eigenvalue weighted by Gasteiger charge is -2.13. The number of nitrogens with one attached hydrogen (secondary N) is 1. The van der Waals surface area contributed by atoms with E-state index in [1.54, 1.807) is 7.11 Å². The van der Waals surface area contributed by atoms with Crippen molar-refractivity contribution in [2.75, 3.05) is 25.6 Å². The topological polar surface area (TPSA) is 54.4 Å². The van der Waals surface area contributed by atoms with Crippen LogP contribution in [0.4, 0.5) is 5.82 Å². The van der Waals surface area contributed by atoms with Crippen molar-refractivity contribution < 1.29 is 9.84 Å². The zero-order valence-electron chi connectivity index (χ0n) is 10.7. The van der Waals surface area contributed by atoms with E-state index >= 15 is 0 Å². The number of aliphatic hydroxyl groups is 1. The van der Waals surface area contributed by atoms with Crippen molar-refractivity contribution in [1.29, 1.82) is 0 Å². The normalized spacial score (nSPS) is 12.6. The van der Waals surface area contributed by atoms with Gasteiger partial charge in [-0.15, -0.1) is 0 Å². The van der Waals surface area contributed by atoms with Gasteiger partial charge in [0.25, 0.3) is 0 Å². The summed E-state index contributed by atoms with van der Waals surface area (Å²) in [4.78, 5) is 4.54. The fraction of sp³-hybridized carbons (Fsp3) is 0.357. The van der Waals surface area contributed by atoms with Crippen molar-refractivity contribution in [3.63, 3.8) is 0 Å². The SMILES string of the molecule is COCC(O)CNc1nc2ccccc2cc1C. The first-order valence-corrected chi connectivity index (χ1v) is 5.98. The van der Waals surface area contributed by atoms with Gasteiger partial charge in [0.2, 0.25) is 0 Å². The third kappa shape index (κ3) is 2.97. The monoisotopic (exact) mass is 246 g/mol. The molecule has 1 aromatic carbocycles. The number of anilines is 1. The molecule has 96 valence electrons. The van der Waals surface area contributed by atoms with Crippen LogP contribution in [0.25, 0.3) is 10.9 Å². The number of nitrogens with zero attached hydrogens (tertiary/aromatic N) is 1. The predicted molar refractivity (Wildman–Crippen MR) is 72.9 cm³/mol. The summed E-state index contributed by atoms with van der Waals surface area (Å²) in [7, 11) is 1.57. The van der Waals surface area contributed by atoms with E-state index in [1.807, 2.05) is 31.2 Å². The highest BCUT2D eigenvalue weighted by atomic mass is 16.5. The molecule has 2 aromatic rings. The Hall–Kier alpha value is -1.65. The predicted octanol–water partition coefficient (Wildman–Crippen LogP) is 1.96. The molecule has 0 saturated carbocycles. The fourth-order valence-corrected chi connectivity index (χ4v) is 1.87. The van der Waals surface area contributed by atoms with E-state index in [4.69, 9.17) is 4.74 Å². The van der Waals surface area contributed by atoms with Gasteiger partial charge < -0.3 is 15.2 Å². The average molecular weight is 246 g/mol. The molecule has 4 heteroatoms. The number of ether oxygens (including phenoxy) is 1. The largest absolute Gasteiger partial charge is 0.389 e. The van der Waals surface area contributed by atoms with Crippen molar-refractivity contribution in [2.45, 2.75) is 13.0 Å². The van der Waals surface area contributed by atoms with Crippen LogP contribution in [-0.2, 0) is 4.74 Å². The van der Waals surface area contributed by atoms with Gasteiger partial charge in [0.1, 0.15) is 5.82 Å². The summed E-state index contributed by atoms with van der Waals surface area (Å²) in [6.07, 6.45) is -0.525. The smallest absolute Gasteiger partial charge is 0.129 e. The molecule has 0 saturated heterocycles. The number of para-hydroxylation sites is 1. The van der Waals surface area contributed by atoms with Crippen LogP contribution in [0.3, 0.4) is 0 Å². The van der Waals surface area contributed by atoms with Gasteiger partial charge in [-0.1, -0.05) is 18.2 Å². The molecule has 2 N–H and O–H groups in total. The van der Waals surface area contributed by atoms with Crippen molar-refractivity contribution in [2.24, 2.45) is 0 Å². The highest BCUT2D eigenvalue weighted by Crippen LogP contribution is 2.19. The van der Waals surface area contributed by atoms with E-state index in [0.717, 1.165) is 22.3 Å². The zero-order valence-corrected chi connectivity index (χ0v) is 10.7. The Morgan fingerprint density at radius 1 is 1.39 bits per heavy atom. The van der Waals surface area contributed by atoms with Crippen molar-refractivity contribution >= 4 is 16.7 Å². The molecule has 0 bridgehead atoms. The van der Waals surface area contributed by atoms with E-state index < -0.39 is 6.10 Å². The average Bonchev–Trinajstić information content (AvgIpc) is 2.36. The highest BCUT2D eigenvalue weighted by molar-refractivity contribution is 5.81. The number of benzene rings is 1. The van der Waals surface area contributed by atoms with Crippen LogP contribution in [0, 0.1) is 6.92 Å². The minimum Gasteiger partial charge on any atom is -0.389 e. The number of methoxy groups -OCH3 is 1. The Bertz CT molecular complexity index is 528. The van der Waals surface area contributed by atoms with Crippen molar-refractivity contribution in [3.05, 3.63) is 35.9 Å². The number of hydrogen-bond donors (Lipinski definition) is 2. The number of hydrogen-bond acceptors (Lipinski definition) is 4. The molecule has 0 amide bonds. The molecule has 0 aliphatic rings. The number of aryl methyl sites for hydroxylation is 1. The molecule has 4 nitrogen and oxygen atoms in total. The molecule has 0 aliphatic carbocycles. The van der Waals surface area contributed by atoms with Crippen molar-refractivity contribution in [1.82, 2.24) is 4.98 Å². The van der Waals surface area contributed by atoms with Crippen LogP contribution in [-0.4, -0.2) is 36.5 Å². The molecule has 1 atom stereocenters. The lowest BCUT2D eigenvalue weighted by atomic mass is 10.1. The standard InChI is InChI=1S/C14H18N2O2/c1-10-7-11-5-3-4-6-13(11)16-14(10)15-8-12(17)9-18-2/h3-7,12,17H,8-9H2,1-2H3,(H,15,16). The zero-order chi connectivity index (χ0) is 13.0. The van der Waals surface area contributed by atoms with Crippen LogP contribution < -0.4 is 5.32 Å². The maximum atomic E-state index is 9.60. The van der Waals surface area contributed by atoms with E-state index in [0.29, 0.717) is 13.2 Å². The number of aromatic nitrogens is 1. The second-order valence-electron chi connectivity index (χ2n) is 4.34. The van der Waals surface area contributed by atoms with Gasteiger partial charge >= 0.3 is 0 Å². The molecule has 0 fully saturated rings. The molecule has 0 radical (unpaired) electrons. The maximum absolute atomic E-state index is 9.60. The van der Waals surface area contributed by atoms with Gasteiger partial charge in [0, 0.05) is 19.0 Å². The maximum Gasteiger partial charge on any atom is 0.129 e. The molecular weight excluding hydrogens is 228 g/mol. The lowest BCUT2D eigenvalue weighted by molar-refractivity contribution is 0.0727. The molecule has 0 aliphatic heterocycles. The Balaban J connectivity index is 2.15. The van der Waals surface area contributed by atoms with Crippen LogP contribution in [0.15, 0.2) is 30.3 Å². The van der Waals surface area contributed by atoms with E-state index in [-0.39, 0.29) is 0 Å². The highest BCUT2D eigenvalue weighted by Gasteiger charge is 2.06. The summed E-state index contributed by atoms with van der Waals surface area (Å²) in [6.45, 7) is 2.75. The van der Waals surface area contributed by atoms with Crippen molar-refractivity contribution in [3.8, 4) is 0 Å². The molecule has 0 spiro atoms. The molecule has 2 rings (SSSR count). The van der Waals surface area contributed by atoms with Gasteiger partial charge in [0.05, 0.1) is 18.2 Å². The third-order valence-electron chi connectivity index (χ3n) is 2.78. The quantitative estimate of drug-likeness (QED) is 0.846. The Kier molecular flexibility index (Phi) is 4.12. The summed E-state index contributed by atoms with van der Waals surface area (Å²) in [5.74, 6) is 0.809. The molecule has 1 unspecified atom stereocenters. The molecule has 1 heterocycles. The Morgan fingerprint density at radius 2 is 2.17 bits per heavy atom. The van der Waals surface area contributed by atoms with E-state index in [1.165, 1.54) is 0 Å². The van der Waals surface area contributed by atoms with Crippen LogP contribution in [0.1, 0.15) is 5.56 Å². The van der Waals surface area contributed by atoms with Gasteiger partial charge in [-0.05, 0) is 24.6 Å². The minimum atomic E-state index is -0.525. The van der Waals surface area contributed by atoms with E-state index in [2.05, 4.69) is 16.4 Å². The second-order valence-corrected chi connectivity index (χ2v) is 4.34. The summed E-state index contributed by atoms with van der Waals surface area (Å²) in [5.41, 5.74) is 2.02. The van der Waals surface area contributed by atoms with Crippen LogP contribution >= 0.6 is 0 Å². The summed E-state index contributed by atoms with van der Waals surface area (Å²) >= 11 is 0. The van der Waals surface area contributed by atoms with Gasteiger partial charge in [0.15, 0.2) is 0 Å². The Labute approximate surface area is 107 Å². The van der Waals surface area contributed by atoms with Gasteiger partial charge in [-0.3, -0.25) is 0 Å². The lowest BCUT2D eigenvalue weighted by Crippen LogP contribution is -2.24. The van der Waals surface area contributed by atoms with Crippen LogP contribution in [0.2, 0.25) is 0 Å². The van der Waals surface area contributed by atoms with Gasteiger partial charge in [-0.25, -0.2) is 4.98 Å². The number of aliphatic hydroxyl groups excluding tert-OH is 1. The van der Waals surface area contributed by atoms with Crippen LogP contribution in [0.5, 0.6) is 0 Å². The number of pyridine rings is 1. The van der Waals surface area contributed by atoms with Gasteiger partial charge in [-0.2, -0.15) is 0 Å². The number of rotatable bonds is 5.